The maximum atomic E-state index is 12.4. The molecule has 2 heterocycles. The Labute approximate surface area is 179 Å². The average molecular weight is 425 g/mol. The molecule has 1 atom stereocenters. The van der Waals surface area contributed by atoms with Crippen LogP contribution in [-0.4, -0.2) is 11.4 Å². The highest BCUT2D eigenvalue weighted by atomic mass is 35.5. The SMILES string of the molecule is CCc1ccc(N[C@@H]2NC(=O)/C(=C/c3ccc(-c4cc(Cl)ccc4C)o3)S2)cc1. The van der Waals surface area contributed by atoms with Gasteiger partial charge in [-0.25, -0.2) is 0 Å². The van der Waals surface area contributed by atoms with Gasteiger partial charge >= 0.3 is 0 Å². The van der Waals surface area contributed by atoms with Gasteiger partial charge < -0.3 is 15.1 Å². The van der Waals surface area contributed by atoms with Crippen LogP contribution in [0.25, 0.3) is 17.4 Å². The molecule has 2 aromatic carbocycles. The highest BCUT2D eigenvalue weighted by Gasteiger charge is 2.27. The molecule has 1 aliphatic heterocycles. The number of hydrogen-bond acceptors (Lipinski definition) is 4. The zero-order valence-corrected chi connectivity index (χ0v) is 17.7. The van der Waals surface area contributed by atoms with Crippen molar-refractivity contribution in [3.8, 4) is 11.3 Å². The Morgan fingerprint density at radius 1 is 1.17 bits per heavy atom. The van der Waals surface area contributed by atoms with Crippen molar-refractivity contribution in [1.29, 1.82) is 0 Å². The molecule has 4 nitrogen and oxygen atoms in total. The summed E-state index contributed by atoms with van der Waals surface area (Å²) >= 11 is 7.55. The standard InChI is InChI=1S/C23H21ClN2O2S/c1-3-15-5-8-17(9-6-15)25-23-26-22(27)21(29-23)13-18-10-11-20(28-18)19-12-16(24)7-4-14(19)2/h4-13,23,25H,3H2,1-2H3,(H,26,27)/b21-13-/t23-/m1/s1. The zero-order chi connectivity index (χ0) is 20.4. The van der Waals surface area contributed by atoms with Gasteiger partial charge in [0.15, 0.2) is 5.50 Å². The molecular formula is C23H21ClN2O2S. The summed E-state index contributed by atoms with van der Waals surface area (Å²) in [5.41, 5.74) is 4.06. The first-order chi connectivity index (χ1) is 14.0. The molecule has 6 heteroatoms. The van der Waals surface area contributed by atoms with Crippen LogP contribution in [0, 0.1) is 6.92 Å². The molecule has 4 rings (SSSR count). The van der Waals surface area contributed by atoms with E-state index in [1.807, 2.05) is 49.4 Å². The molecule has 1 aromatic heterocycles. The highest BCUT2D eigenvalue weighted by Crippen LogP contribution is 2.33. The summed E-state index contributed by atoms with van der Waals surface area (Å²) in [5, 5.41) is 6.93. The van der Waals surface area contributed by atoms with Gasteiger partial charge in [0.25, 0.3) is 5.91 Å². The van der Waals surface area contributed by atoms with E-state index in [0.29, 0.717) is 15.7 Å². The molecule has 3 aromatic rings. The van der Waals surface area contributed by atoms with E-state index in [1.54, 1.807) is 6.08 Å². The third-order valence-corrected chi connectivity index (χ3v) is 6.02. The number of benzene rings is 2. The second-order valence-electron chi connectivity index (χ2n) is 6.84. The normalized spacial score (nSPS) is 17.6. The lowest BCUT2D eigenvalue weighted by molar-refractivity contribution is -0.116. The smallest absolute Gasteiger partial charge is 0.260 e. The van der Waals surface area contributed by atoms with Crippen LogP contribution in [0.1, 0.15) is 23.8 Å². The van der Waals surface area contributed by atoms with Crippen LogP contribution < -0.4 is 10.6 Å². The van der Waals surface area contributed by atoms with E-state index in [0.717, 1.165) is 29.0 Å². The number of rotatable bonds is 5. The summed E-state index contributed by atoms with van der Waals surface area (Å²) in [7, 11) is 0. The Bertz CT molecular complexity index is 1070. The van der Waals surface area contributed by atoms with Crippen molar-refractivity contribution >= 4 is 41.0 Å². The molecule has 1 saturated heterocycles. The number of nitrogens with one attached hydrogen (secondary N) is 2. The zero-order valence-electron chi connectivity index (χ0n) is 16.2. The molecule has 0 spiro atoms. The predicted octanol–water partition coefficient (Wildman–Crippen LogP) is 6.07. The average Bonchev–Trinajstić information content (AvgIpc) is 3.31. The van der Waals surface area contributed by atoms with Gasteiger partial charge in [-0.3, -0.25) is 4.79 Å². The maximum Gasteiger partial charge on any atom is 0.260 e. The van der Waals surface area contributed by atoms with Crippen molar-refractivity contribution in [2.24, 2.45) is 0 Å². The Kier molecular flexibility index (Phi) is 5.69. The lowest BCUT2D eigenvalue weighted by Gasteiger charge is -2.12. The minimum Gasteiger partial charge on any atom is -0.457 e. The number of furan rings is 1. The van der Waals surface area contributed by atoms with Gasteiger partial charge in [0.1, 0.15) is 11.5 Å². The molecule has 2 N–H and O–H groups in total. The molecule has 1 amide bonds. The largest absolute Gasteiger partial charge is 0.457 e. The second kappa shape index (κ2) is 8.39. The highest BCUT2D eigenvalue weighted by molar-refractivity contribution is 8.05. The van der Waals surface area contributed by atoms with E-state index < -0.39 is 0 Å². The fourth-order valence-electron chi connectivity index (χ4n) is 3.12. The monoisotopic (exact) mass is 424 g/mol. The predicted molar refractivity (Wildman–Crippen MR) is 121 cm³/mol. The minimum atomic E-state index is -0.217. The van der Waals surface area contributed by atoms with Crippen LogP contribution in [0.4, 0.5) is 5.69 Å². The third kappa shape index (κ3) is 4.52. The summed E-state index contributed by atoms with van der Waals surface area (Å²) in [5.74, 6) is 1.24. The Hall–Kier alpha value is -2.63. The van der Waals surface area contributed by atoms with E-state index >= 15 is 0 Å². The van der Waals surface area contributed by atoms with Gasteiger partial charge in [-0.15, -0.1) is 0 Å². The lowest BCUT2D eigenvalue weighted by Crippen LogP contribution is -2.30. The number of carbonyl (C=O) groups excluding carboxylic acids is 1. The quantitative estimate of drug-likeness (QED) is 0.488. The van der Waals surface area contributed by atoms with Gasteiger partial charge in [0.05, 0.1) is 4.91 Å². The molecule has 29 heavy (non-hydrogen) atoms. The van der Waals surface area contributed by atoms with Crippen molar-refractivity contribution in [3.05, 3.63) is 81.4 Å². The topological polar surface area (TPSA) is 54.3 Å². The molecule has 0 radical (unpaired) electrons. The molecule has 0 unspecified atom stereocenters. The molecule has 0 aliphatic carbocycles. The number of aryl methyl sites for hydroxylation is 2. The third-order valence-electron chi connectivity index (χ3n) is 4.76. The van der Waals surface area contributed by atoms with Crippen molar-refractivity contribution in [3.63, 3.8) is 0 Å². The molecule has 1 fully saturated rings. The minimum absolute atomic E-state index is 0.116. The molecule has 0 bridgehead atoms. The Balaban J connectivity index is 1.48. The van der Waals surface area contributed by atoms with Crippen LogP contribution in [0.3, 0.4) is 0 Å². The van der Waals surface area contributed by atoms with Crippen LogP contribution in [0.2, 0.25) is 5.02 Å². The van der Waals surface area contributed by atoms with Gasteiger partial charge in [0.2, 0.25) is 0 Å². The van der Waals surface area contributed by atoms with Gasteiger partial charge in [-0.2, -0.15) is 0 Å². The number of halogens is 1. The van der Waals surface area contributed by atoms with E-state index in [4.69, 9.17) is 16.0 Å². The maximum absolute atomic E-state index is 12.4. The van der Waals surface area contributed by atoms with E-state index in [-0.39, 0.29) is 11.4 Å². The van der Waals surface area contributed by atoms with Gasteiger partial charge in [0, 0.05) is 22.3 Å². The number of carbonyl (C=O) groups is 1. The molecular weight excluding hydrogens is 404 g/mol. The first-order valence-electron chi connectivity index (χ1n) is 9.43. The number of amides is 1. The number of hydrogen-bond donors (Lipinski definition) is 2. The van der Waals surface area contributed by atoms with Crippen LogP contribution in [0.15, 0.2) is 63.9 Å². The summed E-state index contributed by atoms with van der Waals surface area (Å²) in [4.78, 5) is 13.0. The molecule has 0 saturated carbocycles. The summed E-state index contributed by atoms with van der Waals surface area (Å²) in [6.45, 7) is 4.14. The van der Waals surface area contributed by atoms with Crippen molar-refractivity contribution in [2.75, 3.05) is 5.32 Å². The lowest BCUT2D eigenvalue weighted by atomic mass is 10.1. The summed E-state index contributed by atoms with van der Waals surface area (Å²) in [6.07, 6.45) is 2.77. The molecule has 1 aliphatic rings. The Morgan fingerprint density at radius 3 is 2.72 bits per heavy atom. The summed E-state index contributed by atoms with van der Waals surface area (Å²) in [6, 6.07) is 17.7. The van der Waals surface area contributed by atoms with Crippen LogP contribution in [0.5, 0.6) is 0 Å². The summed E-state index contributed by atoms with van der Waals surface area (Å²) < 4.78 is 5.95. The molecule has 148 valence electrons. The van der Waals surface area contributed by atoms with E-state index in [9.17, 15) is 4.79 Å². The van der Waals surface area contributed by atoms with Gasteiger partial charge in [-0.05, 0) is 60.9 Å². The number of thioether (sulfide) groups is 1. The fourth-order valence-corrected chi connectivity index (χ4v) is 4.25. The first kappa shape index (κ1) is 19.7. The van der Waals surface area contributed by atoms with Crippen molar-refractivity contribution < 1.29 is 9.21 Å². The second-order valence-corrected chi connectivity index (χ2v) is 8.42. The van der Waals surface area contributed by atoms with Crippen molar-refractivity contribution in [1.82, 2.24) is 5.32 Å². The number of anilines is 1. The fraction of sp³-hybridized carbons (Fsp3) is 0.174. The van der Waals surface area contributed by atoms with Crippen molar-refractivity contribution in [2.45, 2.75) is 25.8 Å². The van der Waals surface area contributed by atoms with Gasteiger partial charge in [-0.1, -0.05) is 48.5 Å². The van der Waals surface area contributed by atoms with E-state index in [2.05, 4.69) is 29.7 Å². The first-order valence-corrected chi connectivity index (χ1v) is 10.7. The Morgan fingerprint density at radius 2 is 1.97 bits per heavy atom. The van der Waals surface area contributed by atoms with Crippen LogP contribution in [-0.2, 0) is 11.2 Å². The van der Waals surface area contributed by atoms with Crippen LogP contribution >= 0.6 is 23.4 Å². The van der Waals surface area contributed by atoms with E-state index in [1.165, 1.54) is 17.3 Å².